The predicted octanol–water partition coefficient (Wildman–Crippen LogP) is 7.57. The van der Waals surface area contributed by atoms with E-state index in [2.05, 4.69) is 0 Å². The molecule has 0 atom stereocenters. The number of carbonyl (C=O) groups excluding carboxylic acids is 1. The highest BCUT2D eigenvalue weighted by Gasteiger charge is 2.30. The van der Waals surface area contributed by atoms with Gasteiger partial charge in [0.05, 0.1) is 22.9 Å². The Morgan fingerprint density at radius 2 is 0.963 bits per heavy atom. The first-order valence-corrected chi connectivity index (χ1v) is 20.7. The van der Waals surface area contributed by atoms with Gasteiger partial charge < -0.3 is 19.3 Å². The van der Waals surface area contributed by atoms with Crippen LogP contribution in [0.3, 0.4) is 0 Å². The minimum absolute atomic E-state index is 0.136. The van der Waals surface area contributed by atoms with Gasteiger partial charge in [0.25, 0.3) is 20.2 Å². The summed E-state index contributed by atoms with van der Waals surface area (Å²) >= 11 is 0. The van der Waals surface area contributed by atoms with Crippen LogP contribution in [0.4, 0.5) is 11.4 Å². The lowest BCUT2D eigenvalue weighted by molar-refractivity contribution is -0.111. The SMILES string of the molecule is O=C1/C(=C/C=C2\Oc3ccc(-c4ccccc4)cc3N2CCCS(=O)(=O)O)CC/C1=C\C=C1/Oc2ccc(-c3ccccc3)cc2N1CCCS(=O)(=O)O. The number of rotatable bonds is 12. The van der Waals surface area contributed by atoms with Crippen LogP contribution in [0.5, 0.6) is 11.5 Å². The molecule has 0 aromatic heterocycles. The zero-order valence-corrected chi connectivity index (χ0v) is 30.8. The maximum absolute atomic E-state index is 13.6. The molecule has 4 aromatic rings. The summed E-state index contributed by atoms with van der Waals surface area (Å²) in [6, 6.07) is 31.2. The van der Waals surface area contributed by atoms with Gasteiger partial charge in [0.2, 0.25) is 11.8 Å². The quantitative estimate of drug-likeness (QED) is 0.109. The molecule has 3 aliphatic rings. The molecule has 4 aromatic carbocycles. The third-order valence-electron chi connectivity index (χ3n) is 9.34. The molecular weight excluding hydrogens is 729 g/mol. The number of carbonyl (C=O) groups is 1. The average molecular weight is 767 g/mol. The van der Waals surface area contributed by atoms with Crippen molar-refractivity contribution in [3.8, 4) is 33.8 Å². The highest BCUT2D eigenvalue weighted by molar-refractivity contribution is 7.86. The summed E-state index contributed by atoms with van der Waals surface area (Å²) < 4.78 is 77.0. The molecule has 0 unspecified atom stereocenters. The zero-order valence-electron chi connectivity index (χ0n) is 29.2. The van der Waals surface area contributed by atoms with Gasteiger partial charge in [-0.05, 0) is 96.5 Å². The Kier molecular flexibility index (Phi) is 10.6. The predicted molar refractivity (Wildman–Crippen MR) is 208 cm³/mol. The van der Waals surface area contributed by atoms with Crippen LogP contribution in [0.2, 0.25) is 0 Å². The largest absolute Gasteiger partial charge is 0.439 e. The van der Waals surface area contributed by atoms with Crippen LogP contribution in [0, 0.1) is 0 Å². The second kappa shape index (κ2) is 15.5. The Balaban J connectivity index is 1.12. The molecule has 0 spiro atoms. The van der Waals surface area contributed by atoms with E-state index < -0.39 is 31.7 Å². The fourth-order valence-electron chi connectivity index (χ4n) is 6.71. The third kappa shape index (κ3) is 8.66. The number of ketones is 1. The van der Waals surface area contributed by atoms with E-state index in [1.54, 1.807) is 24.3 Å². The van der Waals surface area contributed by atoms with Crippen molar-refractivity contribution in [1.29, 1.82) is 0 Å². The Morgan fingerprint density at radius 1 is 0.556 bits per heavy atom. The van der Waals surface area contributed by atoms with Crippen LogP contribution in [0.1, 0.15) is 25.7 Å². The molecule has 2 heterocycles. The lowest BCUT2D eigenvalue weighted by Gasteiger charge is -2.18. The number of benzene rings is 4. The Hall–Kier alpha value is -5.47. The molecule has 1 fully saturated rings. The van der Waals surface area contributed by atoms with Gasteiger partial charge in [-0.25, -0.2) is 0 Å². The number of nitrogens with zero attached hydrogens (tertiary/aromatic N) is 2. The van der Waals surface area contributed by atoms with Crippen molar-refractivity contribution < 1.29 is 40.2 Å². The second-order valence-corrected chi connectivity index (χ2v) is 16.3. The molecule has 0 bridgehead atoms. The van der Waals surface area contributed by atoms with Gasteiger partial charge in [0.15, 0.2) is 17.3 Å². The fourth-order valence-corrected chi connectivity index (χ4v) is 7.69. The molecule has 7 rings (SSSR count). The van der Waals surface area contributed by atoms with Gasteiger partial charge in [-0.2, -0.15) is 16.8 Å². The molecular formula is C41H38N2O9S2. The smallest absolute Gasteiger partial charge is 0.264 e. The summed E-state index contributed by atoms with van der Waals surface area (Å²) in [6.45, 7) is 0.505. The third-order valence-corrected chi connectivity index (χ3v) is 11.0. The Bertz CT molecular complexity index is 2250. The molecule has 1 saturated carbocycles. The van der Waals surface area contributed by atoms with E-state index in [9.17, 15) is 30.7 Å². The van der Waals surface area contributed by atoms with Crippen molar-refractivity contribution in [2.75, 3.05) is 34.4 Å². The Labute approximate surface area is 314 Å². The van der Waals surface area contributed by atoms with Crippen LogP contribution in [-0.2, 0) is 25.0 Å². The monoisotopic (exact) mass is 766 g/mol. The zero-order chi connectivity index (χ0) is 37.9. The molecule has 13 heteroatoms. The molecule has 0 saturated heterocycles. The minimum atomic E-state index is -4.16. The van der Waals surface area contributed by atoms with Crippen molar-refractivity contribution in [3.63, 3.8) is 0 Å². The number of Topliss-reactive ketones (excluding diaryl/α,β-unsaturated/α-hetero) is 1. The maximum atomic E-state index is 13.6. The highest BCUT2D eigenvalue weighted by Crippen LogP contribution is 2.43. The van der Waals surface area contributed by atoms with E-state index >= 15 is 0 Å². The number of hydrogen-bond donors (Lipinski definition) is 2. The molecule has 278 valence electrons. The minimum Gasteiger partial charge on any atom is -0.439 e. The van der Waals surface area contributed by atoms with Crippen molar-refractivity contribution >= 4 is 37.4 Å². The molecule has 2 aliphatic heterocycles. The summed E-state index contributed by atoms with van der Waals surface area (Å²) in [5.74, 6) is 1.08. The van der Waals surface area contributed by atoms with Crippen LogP contribution >= 0.6 is 0 Å². The maximum Gasteiger partial charge on any atom is 0.264 e. The highest BCUT2D eigenvalue weighted by atomic mass is 32.2. The van der Waals surface area contributed by atoms with Gasteiger partial charge in [-0.3, -0.25) is 13.9 Å². The molecule has 0 radical (unpaired) electrons. The standard InChI is InChI=1S/C41H38N2O9S2/c44-41-31(17-21-39-42(23-7-25-53(45,46)47)35-27-33(15-19-37(35)51-39)29-9-3-1-4-10-29)13-14-32(41)18-22-40-43(24-8-26-54(48,49)50)36-28-34(16-20-38(36)52-40)30-11-5-2-6-12-30/h1-6,9-12,15-22,27-28H,7-8,13-14,23-26H2,(H,45,46,47)(H,48,49,50)/b31-17+,32-18+,39-21-,40-22-. The van der Waals surface area contributed by atoms with Crippen molar-refractivity contribution in [1.82, 2.24) is 0 Å². The molecule has 2 N–H and O–H groups in total. The first-order chi connectivity index (χ1) is 25.9. The summed E-state index contributed by atoms with van der Waals surface area (Å²) in [4.78, 5) is 17.3. The van der Waals surface area contributed by atoms with E-state index in [1.165, 1.54) is 0 Å². The number of anilines is 2. The first kappa shape index (κ1) is 36.9. The van der Waals surface area contributed by atoms with E-state index in [1.807, 2.05) is 107 Å². The van der Waals surface area contributed by atoms with Crippen LogP contribution in [-0.4, -0.2) is 56.3 Å². The van der Waals surface area contributed by atoms with E-state index in [0.717, 1.165) is 33.6 Å². The topological polar surface area (TPSA) is 151 Å². The van der Waals surface area contributed by atoms with Gasteiger partial charge in [-0.15, -0.1) is 0 Å². The lowest BCUT2D eigenvalue weighted by Crippen LogP contribution is -2.23. The van der Waals surface area contributed by atoms with E-state index in [-0.39, 0.29) is 31.7 Å². The number of allylic oxidation sites excluding steroid dienone is 6. The lowest BCUT2D eigenvalue weighted by atomic mass is 10.0. The molecule has 11 nitrogen and oxygen atoms in total. The van der Waals surface area contributed by atoms with Gasteiger partial charge >= 0.3 is 0 Å². The molecule has 54 heavy (non-hydrogen) atoms. The van der Waals surface area contributed by atoms with E-state index in [4.69, 9.17) is 9.47 Å². The van der Waals surface area contributed by atoms with Gasteiger partial charge in [-0.1, -0.05) is 72.8 Å². The van der Waals surface area contributed by atoms with E-state index in [0.29, 0.717) is 47.3 Å². The second-order valence-electron chi connectivity index (χ2n) is 13.1. The average Bonchev–Trinajstić information content (AvgIpc) is 3.81. The number of hydrogen-bond acceptors (Lipinski definition) is 9. The van der Waals surface area contributed by atoms with Gasteiger partial charge in [0, 0.05) is 24.2 Å². The fraction of sp³-hybridized carbons (Fsp3) is 0.195. The van der Waals surface area contributed by atoms with Crippen LogP contribution in [0.25, 0.3) is 22.3 Å². The summed E-state index contributed by atoms with van der Waals surface area (Å²) in [5.41, 5.74) is 6.56. The van der Waals surface area contributed by atoms with Crippen molar-refractivity contribution in [2.24, 2.45) is 0 Å². The van der Waals surface area contributed by atoms with Gasteiger partial charge in [0.1, 0.15) is 0 Å². The first-order valence-electron chi connectivity index (χ1n) is 17.5. The molecule has 1 aliphatic carbocycles. The normalized spacial score (nSPS) is 18.4. The van der Waals surface area contributed by atoms with Crippen molar-refractivity contribution in [2.45, 2.75) is 25.7 Å². The van der Waals surface area contributed by atoms with Crippen LogP contribution < -0.4 is 19.3 Å². The molecule has 0 amide bonds. The number of fused-ring (bicyclic) bond motifs is 2. The van der Waals surface area contributed by atoms with Crippen molar-refractivity contribution in [3.05, 3.63) is 144 Å². The van der Waals surface area contributed by atoms with Crippen LogP contribution in [0.15, 0.2) is 144 Å². The summed E-state index contributed by atoms with van der Waals surface area (Å²) in [5, 5.41) is 0. The summed E-state index contributed by atoms with van der Waals surface area (Å²) in [7, 11) is -8.31. The number of ether oxygens (including phenoxy) is 2. The Morgan fingerprint density at radius 3 is 1.35 bits per heavy atom. The summed E-state index contributed by atoms with van der Waals surface area (Å²) in [6.07, 6.45) is 8.15.